The molecule has 7 heteroatoms. The SMILES string of the molecule is NNC(=O)N1CC2=C(CCOc3ccc(Br)cc32)S1. The van der Waals surface area contributed by atoms with Gasteiger partial charge in [-0.3, -0.25) is 9.73 Å². The Morgan fingerprint density at radius 3 is 3.16 bits per heavy atom. The summed E-state index contributed by atoms with van der Waals surface area (Å²) in [6.45, 7) is 1.16. The van der Waals surface area contributed by atoms with Crippen LogP contribution in [0.25, 0.3) is 5.57 Å². The summed E-state index contributed by atoms with van der Waals surface area (Å²) in [4.78, 5) is 12.8. The highest BCUT2D eigenvalue weighted by molar-refractivity contribution is 9.10. The molecule has 19 heavy (non-hydrogen) atoms. The molecule has 0 radical (unpaired) electrons. The zero-order valence-corrected chi connectivity index (χ0v) is 12.4. The fourth-order valence-corrected chi connectivity index (χ4v) is 3.60. The summed E-state index contributed by atoms with van der Waals surface area (Å²) in [5, 5.41) is 0. The van der Waals surface area contributed by atoms with Crippen LogP contribution in [0.3, 0.4) is 0 Å². The molecule has 0 saturated heterocycles. The summed E-state index contributed by atoms with van der Waals surface area (Å²) in [6, 6.07) is 5.65. The Hall–Kier alpha value is -1.18. The molecule has 2 aliphatic rings. The zero-order chi connectivity index (χ0) is 13.4. The average molecular weight is 342 g/mol. The van der Waals surface area contributed by atoms with Gasteiger partial charge in [-0.2, -0.15) is 0 Å². The van der Waals surface area contributed by atoms with Crippen LogP contribution in [0, 0.1) is 0 Å². The maximum Gasteiger partial charge on any atom is 0.342 e. The first-order valence-electron chi connectivity index (χ1n) is 5.80. The highest BCUT2D eigenvalue weighted by Gasteiger charge is 2.30. The van der Waals surface area contributed by atoms with Crippen molar-refractivity contribution in [3.63, 3.8) is 0 Å². The number of hydrazine groups is 1. The molecule has 3 N–H and O–H groups in total. The first-order chi connectivity index (χ1) is 9.19. The van der Waals surface area contributed by atoms with E-state index in [4.69, 9.17) is 10.6 Å². The maximum absolute atomic E-state index is 11.6. The standard InChI is InChI=1S/C12H12BrN3O2S/c13-7-1-2-10-8(5-7)9-6-16(12(17)15-14)19-11(9)3-4-18-10/h1-2,5H,3-4,6,14H2,(H,15,17). The van der Waals surface area contributed by atoms with Crippen molar-refractivity contribution in [3.8, 4) is 5.75 Å². The van der Waals surface area contributed by atoms with Crippen LogP contribution in [0.5, 0.6) is 5.75 Å². The Bertz CT molecular complexity index is 576. The molecule has 0 unspecified atom stereocenters. The summed E-state index contributed by atoms with van der Waals surface area (Å²) < 4.78 is 8.36. The smallest absolute Gasteiger partial charge is 0.342 e. The lowest BCUT2D eigenvalue weighted by Gasteiger charge is -2.16. The Morgan fingerprint density at radius 2 is 2.37 bits per heavy atom. The first kappa shape index (κ1) is 12.8. The molecule has 5 nitrogen and oxygen atoms in total. The third-order valence-corrected chi connectivity index (χ3v) is 4.74. The molecule has 0 fully saturated rings. The molecule has 0 atom stereocenters. The number of hydrogen-bond donors (Lipinski definition) is 2. The van der Waals surface area contributed by atoms with Crippen molar-refractivity contribution < 1.29 is 9.53 Å². The van der Waals surface area contributed by atoms with Gasteiger partial charge < -0.3 is 4.74 Å². The van der Waals surface area contributed by atoms with Crippen molar-refractivity contribution in [2.75, 3.05) is 13.2 Å². The van der Waals surface area contributed by atoms with Crippen LogP contribution < -0.4 is 16.0 Å². The maximum atomic E-state index is 11.6. The molecule has 2 aliphatic heterocycles. The van der Waals surface area contributed by atoms with Gasteiger partial charge >= 0.3 is 6.03 Å². The summed E-state index contributed by atoms with van der Waals surface area (Å²) in [7, 11) is 0. The third kappa shape index (κ3) is 2.33. The summed E-state index contributed by atoms with van der Waals surface area (Å²) >= 11 is 4.91. The van der Waals surface area contributed by atoms with Crippen molar-refractivity contribution in [1.82, 2.24) is 9.73 Å². The number of rotatable bonds is 0. The van der Waals surface area contributed by atoms with Crippen LogP contribution in [0.15, 0.2) is 27.6 Å². The predicted molar refractivity (Wildman–Crippen MR) is 78.2 cm³/mol. The quantitative estimate of drug-likeness (QED) is 0.329. The molecule has 0 spiro atoms. The van der Waals surface area contributed by atoms with Gasteiger partial charge in [0.25, 0.3) is 0 Å². The molecule has 0 bridgehead atoms. The van der Waals surface area contributed by atoms with Gasteiger partial charge in [0.1, 0.15) is 5.75 Å². The highest BCUT2D eigenvalue weighted by Crippen LogP contribution is 2.44. The van der Waals surface area contributed by atoms with Gasteiger partial charge in [0.15, 0.2) is 0 Å². The summed E-state index contributed by atoms with van der Waals surface area (Å²) in [6.07, 6.45) is 0.806. The lowest BCUT2D eigenvalue weighted by atomic mass is 10.0. The topological polar surface area (TPSA) is 67.6 Å². The van der Waals surface area contributed by atoms with E-state index in [0.717, 1.165) is 27.8 Å². The number of nitrogens with one attached hydrogen (secondary N) is 1. The van der Waals surface area contributed by atoms with E-state index in [-0.39, 0.29) is 6.03 Å². The molecule has 1 aromatic carbocycles. The van der Waals surface area contributed by atoms with E-state index in [1.165, 1.54) is 16.9 Å². The largest absolute Gasteiger partial charge is 0.493 e. The fourth-order valence-electron chi connectivity index (χ4n) is 2.19. The van der Waals surface area contributed by atoms with Gasteiger partial charge in [0.05, 0.1) is 13.2 Å². The second-order valence-corrected chi connectivity index (χ2v) is 6.25. The summed E-state index contributed by atoms with van der Waals surface area (Å²) in [5.41, 5.74) is 4.35. The molecule has 0 saturated carbocycles. The van der Waals surface area contributed by atoms with Crippen LogP contribution in [0.4, 0.5) is 4.79 Å². The van der Waals surface area contributed by atoms with Gasteiger partial charge in [-0.05, 0) is 35.7 Å². The minimum absolute atomic E-state index is 0.282. The van der Waals surface area contributed by atoms with Crippen molar-refractivity contribution in [2.45, 2.75) is 6.42 Å². The van der Waals surface area contributed by atoms with E-state index in [1.807, 2.05) is 18.2 Å². The Morgan fingerprint density at radius 1 is 1.53 bits per heavy atom. The highest BCUT2D eigenvalue weighted by atomic mass is 79.9. The number of urea groups is 1. The van der Waals surface area contributed by atoms with Gasteiger partial charge in [-0.15, -0.1) is 0 Å². The van der Waals surface area contributed by atoms with Gasteiger partial charge in [0.2, 0.25) is 0 Å². The van der Waals surface area contributed by atoms with Crippen LogP contribution in [0.2, 0.25) is 0 Å². The number of ether oxygens (including phenoxy) is 1. The molecule has 3 rings (SSSR count). The predicted octanol–water partition coefficient (Wildman–Crippen LogP) is 2.49. The van der Waals surface area contributed by atoms with E-state index in [2.05, 4.69) is 21.4 Å². The van der Waals surface area contributed by atoms with Crippen LogP contribution in [0.1, 0.15) is 12.0 Å². The van der Waals surface area contributed by atoms with E-state index in [9.17, 15) is 4.79 Å². The van der Waals surface area contributed by atoms with E-state index in [1.54, 1.807) is 4.31 Å². The van der Waals surface area contributed by atoms with Crippen LogP contribution >= 0.6 is 27.9 Å². The Balaban J connectivity index is 1.98. The molecule has 0 aliphatic carbocycles. The number of carbonyl (C=O) groups excluding carboxylic acids is 1. The van der Waals surface area contributed by atoms with Crippen molar-refractivity contribution >= 4 is 39.5 Å². The Labute approximate surface area is 123 Å². The van der Waals surface area contributed by atoms with Crippen LogP contribution in [-0.2, 0) is 0 Å². The van der Waals surface area contributed by atoms with Gasteiger partial charge in [-0.25, -0.2) is 10.6 Å². The van der Waals surface area contributed by atoms with Gasteiger partial charge in [-0.1, -0.05) is 15.9 Å². The number of hydrogen-bond acceptors (Lipinski definition) is 4. The lowest BCUT2D eigenvalue weighted by Crippen LogP contribution is -2.39. The number of halogens is 1. The second kappa shape index (κ2) is 5.07. The van der Waals surface area contributed by atoms with E-state index < -0.39 is 0 Å². The molecule has 1 aromatic rings. The molecule has 2 amide bonds. The van der Waals surface area contributed by atoms with E-state index >= 15 is 0 Å². The molecule has 100 valence electrons. The number of amides is 2. The third-order valence-electron chi connectivity index (χ3n) is 3.06. The minimum Gasteiger partial charge on any atom is -0.493 e. The lowest BCUT2D eigenvalue weighted by molar-refractivity contribution is 0.229. The normalized spacial score (nSPS) is 17.5. The number of nitrogens with two attached hydrogens (primary N) is 1. The van der Waals surface area contributed by atoms with E-state index in [0.29, 0.717) is 13.2 Å². The van der Waals surface area contributed by atoms with Crippen LogP contribution in [-0.4, -0.2) is 23.5 Å². The Kier molecular flexibility index (Phi) is 3.42. The zero-order valence-electron chi connectivity index (χ0n) is 9.98. The average Bonchev–Trinajstić information content (AvgIpc) is 2.76. The second-order valence-electron chi connectivity index (χ2n) is 4.22. The number of fused-ring (bicyclic) bond motifs is 2. The fraction of sp³-hybridized carbons (Fsp3) is 0.250. The van der Waals surface area contributed by atoms with Crippen molar-refractivity contribution in [1.29, 1.82) is 0 Å². The summed E-state index contributed by atoms with van der Waals surface area (Å²) in [5.74, 6) is 6.05. The number of nitrogens with zero attached hydrogens (tertiary/aromatic N) is 1. The monoisotopic (exact) mass is 341 g/mol. The van der Waals surface area contributed by atoms with Gasteiger partial charge in [0, 0.05) is 21.4 Å². The number of benzene rings is 1. The first-order valence-corrected chi connectivity index (χ1v) is 7.36. The van der Waals surface area contributed by atoms with Crippen molar-refractivity contribution in [3.05, 3.63) is 33.1 Å². The molecule has 2 heterocycles. The molecular weight excluding hydrogens is 330 g/mol. The molecular formula is C12H12BrN3O2S. The van der Waals surface area contributed by atoms with Crippen molar-refractivity contribution in [2.24, 2.45) is 5.84 Å². The minimum atomic E-state index is -0.282. The molecule has 0 aromatic heterocycles. The number of carbonyl (C=O) groups is 1.